The second-order valence-electron chi connectivity index (χ2n) is 4.43. The van der Waals surface area contributed by atoms with Crippen LogP contribution in [0.3, 0.4) is 0 Å². The minimum absolute atomic E-state index is 0.581. The Labute approximate surface area is 93.2 Å². The molecule has 0 aromatic rings. The molecule has 0 aliphatic heterocycles. The molecule has 0 radical (unpaired) electrons. The van der Waals surface area contributed by atoms with E-state index in [0.29, 0.717) is 0 Å². The summed E-state index contributed by atoms with van der Waals surface area (Å²) in [6, 6.07) is 0. The largest absolute Gasteiger partial charge is 0.389 e. The first kappa shape index (κ1) is 14.2. The molecule has 0 unspecified atom stereocenters. The maximum absolute atomic E-state index is 9.66. The fourth-order valence-electron chi connectivity index (χ4n) is 1.50. The van der Waals surface area contributed by atoms with E-state index >= 15 is 0 Å². The molecule has 2 nitrogen and oxygen atoms in total. The first-order valence-corrected chi connectivity index (χ1v) is 6.03. The van der Waals surface area contributed by atoms with Crippen LogP contribution >= 0.6 is 11.6 Å². The second kappa shape index (κ2) is 7.49. The minimum Gasteiger partial charge on any atom is -0.389 e. The van der Waals surface area contributed by atoms with E-state index in [1.54, 1.807) is 0 Å². The van der Waals surface area contributed by atoms with Gasteiger partial charge >= 0.3 is 0 Å². The number of hydrogen-bond donors (Lipinski definition) is 1. The number of likely N-dealkylation sites (N-methyl/N-ethyl adjacent to an activating group) is 1. The molecular formula is C11H24ClNO. The monoisotopic (exact) mass is 221 g/mol. The van der Waals surface area contributed by atoms with Crippen molar-refractivity contribution in [2.75, 3.05) is 25.5 Å². The number of alkyl halides is 1. The third kappa shape index (κ3) is 8.79. The summed E-state index contributed by atoms with van der Waals surface area (Å²) < 4.78 is 0. The molecule has 0 heterocycles. The Morgan fingerprint density at radius 3 is 2.29 bits per heavy atom. The van der Waals surface area contributed by atoms with Crippen LogP contribution in [-0.4, -0.2) is 41.1 Å². The van der Waals surface area contributed by atoms with E-state index in [0.717, 1.165) is 31.9 Å². The van der Waals surface area contributed by atoms with Crippen molar-refractivity contribution in [1.29, 1.82) is 0 Å². The number of unbranched alkanes of at least 4 members (excludes halogenated alkanes) is 2. The van der Waals surface area contributed by atoms with Crippen LogP contribution in [0.25, 0.3) is 0 Å². The van der Waals surface area contributed by atoms with Gasteiger partial charge in [-0.05, 0) is 39.8 Å². The van der Waals surface area contributed by atoms with Gasteiger partial charge in [0.2, 0.25) is 0 Å². The van der Waals surface area contributed by atoms with Crippen LogP contribution in [0.15, 0.2) is 0 Å². The van der Waals surface area contributed by atoms with Gasteiger partial charge in [-0.25, -0.2) is 0 Å². The van der Waals surface area contributed by atoms with E-state index in [2.05, 4.69) is 11.8 Å². The standard InChI is InChI=1S/C11H24ClNO/c1-4-13(10-11(2,3)14)9-7-5-6-8-12/h14H,4-10H2,1-3H3. The molecular weight excluding hydrogens is 198 g/mol. The minimum atomic E-state index is -0.581. The number of aliphatic hydroxyl groups is 1. The van der Waals surface area contributed by atoms with E-state index in [4.69, 9.17) is 11.6 Å². The average molecular weight is 222 g/mol. The van der Waals surface area contributed by atoms with E-state index < -0.39 is 5.60 Å². The summed E-state index contributed by atoms with van der Waals surface area (Å²) in [5.41, 5.74) is -0.581. The van der Waals surface area contributed by atoms with Crippen LogP contribution in [0.5, 0.6) is 0 Å². The summed E-state index contributed by atoms with van der Waals surface area (Å²) in [6.07, 6.45) is 3.46. The average Bonchev–Trinajstić information content (AvgIpc) is 2.08. The molecule has 0 aromatic carbocycles. The van der Waals surface area contributed by atoms with E-state index in [-0.39, 0.29) is 0 Å². The Morgan fingerprint density at radius 1 is 1.21 bits per heavy atom. The van der Waals surface area contributed by atoms with Gasteiger partial charge in [-0.15, -0.1) is 11.6 Å². The zero-order valence-corrected chi connectivity index (χ0v) is 10.5. The van der Waals surface area contributed by atoms with Gasteiger partial charge in [-0.2, -0.15) is 0 Å². The number of halogens is 1. The van der Waals surface area contributed by atoms with Crippen molar-refractivity contribution >= 4 is 11.6 Å². The van der Waals surface area contributed by atoms with Crippen molar-refractivity contribution in [2.24, 2.45) is 0 Å². The van der Waals surface area contributed by atoms with Gasteiger partial charge in [0.15, 0.2) is 0 Å². The second-order valence-corrected chi connectivity index (χ2v) is 4.81. The lowest BCUT2D eigenvalue weighted by Crippen LogP contribution is -2.39. The Bertz CT molecular complexity index is 134. The van der Waals surface area contributed by atoms with Gasteiger partial charge in [0.1, 0.15) is 0 Å². The Balaban J connectivity index is 3.58. The zero-order valence-electron chi connectivity index (χ0n) is 9.72. The van der Waals surface area contributed by atoms with Gasteiger partial charge in [-0.3, -0.25) is 0 Å². The van der Waals surface area contributed by atoms with Gasteiger partial charge in [0, 0.05) is 12.4 Å². The highest BCUT2D eigenvalue weighted by molar-refractivity contribution is 6.17. The third-order valence-electron chi connectivity index (χ3n) is 2.17. The van der Waals surface area contributed by atoms with Crippen LogP contribution in [0.1, 0.15) is 40.0 Å². The maximum Gasteiger partial charge on any atom is 0.0718 e. The summed E-state index contributed by atoms with van der Waals surface area (Å²) in [4.78, 5) is 2.29. The highest BCUT2D eigenvalue weighted by atomic mass is 35.5. The lowest BCUT2D eigenvalue weighted by Gasteiger charge is -2.27. The molecule has 86 valence electrons. The van der Waals surface area contributed by atoms with Gasteiger partial charge < -0.3 is 10.0 Å². The molecule has 1 N–H and O–H groups in total. The number of rotatable bonds is 8. The molecule has 0 saturated heterocycles. The molecule has 0 aliphatic carbocycles. The van der Waals surface area contributed by atoms with Crippen LogP contribution in [0.2, 0.25) is 0 Å². The summed E-state index contributed by atoms with van der Waals surface area (Å²) in [7, 11) is 0. The maximum atomic E-state index is 9.66. The van der Waals surface area contributed by atoms with Crippen molar-refractivity contribution in [2.45, 2.75) is 45.6 Å². The SMILES string of the molecule is CCN(CCCCCCl)CC(C)(C)O. The molecule has 0 aromatic heterocycles. The lowest BCUT2D eigenvalue weighted by molar-refractivity contribution is 0.0374. The van der Waals surface area contributed by atoms with Gasteiger partial charge in [0.05, 0.1) is 5.60 Å². The van der Waals surface area contributed by atoms with Crippen LogP contribution in [-0.2, 0) is 0 Å². The number of nitrogens with zero attached hydrogens (tertiary/aromatic N) is 1. The van der Waals surface area contributed by atoms with Crippen LogP contribution < -0.4 is 0 Å². The van der Waals surface area contributed by atoms with Crippen molar-refractivity contribution < 1.29 is 5.11 Å². The molecule has 0 saturated carbocycles. The van der Waals surface area contributed by atoms with E-state index in [1.165, 1.54) is 12.8 Å². The molecule has 3 heteroatoms. The summed E-state index contributed by atoms with van der Waals surface area (Å²) in [5.74, 6) is 0.762. The summed E-state index contributed by atoms with van der Waals surface area (Å²) in [6.45, 7) is 8.67. The first-order valence-electron chi connectivity index (χ1n) is 5.50. The van der Waals surface area contributed by atoms with Gasteiger partial charge in [-0.1, -0.05) is 13.3 Å². The molecule has 0 amide bonds. The highest BCUT2D eigenvalue weighted by Crippen LogP contribution is 2.06. The Hall–Kier alpha value is 0.210. The molecule has 0 rings (SSSR count). The fourth-order valence-corrected chi connectivity index (χ4v) is 1.69. The number of hydrogen-bond acceptors (Lipinski definition) is 2. The topological polar surface area (TPSA) is 23.5 Å². The quantitative estimate of drug-likeness (QED) is 0.503. The lowest BCUT2D eigenvalue weighted by atomic mass is 10.1. The molecule has 0 aliphatic rings. The molecule has 0 bridgehead atoms. The Kier molecular flexibility index (Phi) is 7.61. The smallest absolute Gasteiger partial charge is 0.0718 e. The van der Waals surface area contributed by atoms with Crippen LogP contribution in [0.4, 0.5) is 0 Å². The van der Waals surface area contributed by atoms with Crippen LogP contribution in [0, 0.1) is 0 Å². The third-order valence-corrected chi connectivity index (χ3v) is 2.43. The van der Waals surface area contributed by atoms with Gasteiger partial charge in [0.25, 0.3) is 0 Å². The van der Waals surface area contributed by atoms with Crippen molar-refractivity contribution in [1.82, 2.24) is 4.90 Å². The summed E-state index contributed by atoms with van der Waals surface area (Å²) in [5, 5.41) is 9.66. The Morgan fingerprint density at radius 2 is 1.86 bits per heavy atom. The van der Waals surface area contributed by atoms with Crippen molar-refractivity contribution in [3.8, 4) is 0 Å². The molecule has 0 atom stereocenters. The van der Waals surface area contributed by atoms with Crippen molar-refractivity contribution in [3.05, 3.63) is 0 Å². The predicted molar refractivity (Wildman–Crippen MR) is 63.0 cm³/mol. The first-order chi connectivity index (χ1) is 6.49. The fraction of sp³-hybridized carbons (Fsp3) is 1.00. The predicted octanol–water partition coefficient (Wildman–Crippen LogP) is 2.49. The molecule has 0 spiro atoms. The normalized spacial score (nSPS) is 12.4. The van der Waals surface area contributed by atoms with Crippen molar-refractivity contribution in [3.63, 3.8) is 0 Å². The zero-order chi connectivity index (χ0) is 11.0. The van der Waals surface area contributed by atoms with E-state index in [9.17, 15) is 5.11 Å². The summed E-state index contributed by atoms with van der Waals surface area (Å²) >= 11 is 5.60. The highest BCUT2D eigenvalue weighted by Gasteiger charge is 2.16. The molecule has 0 fully saturated rings. The van der Waals surface area contributed by atoms with E-state index in [1.807, 2.05) is 13.8 Å². The molecule has 14 heavy (non-hydrogen) atoms.